The Morgan fingerprint density at radius 2 is 1.89 bits per heavy atom. The van der Waals surface area contributed by atoms with E-state index in [1.165, 1.54) is 6.33 Å². The maximum absolute atomic E-state index is 13.1. The van der Waals surface area contributed by atoms with E-state index < -0.39 is 11.6 Å². The van der Waals surface area contributed by atoms with Crippen molar-refractivity contribution < 1.29 is 14.3 Å². The molecule has 1 aliphatic carbocycles. The Bertz CT molecular complexity index is 1460. The summed E-state index contributed by atoms with van der Waals surface area (Å²) in [5.41, 5.74) is 4.71. The summed E-state index contributed by atoms with van der Waals surface area (Å²) in [6, 6.07) is 14.2. The van der Waals surface area contributed by atoms with Crippen molar-refractivity contribution in [2.75, 3.05) is 5.32 Å². The van der Waals surface area contributed by atoms with E-state index in [0.717, 1.165) is 34.5 Å². The third-order valence-corrected chi connectivity index (χ3v) is 6.24. The van der Waals surface area contributed by atoms with Gasteiger partial charge < -0.3 is 10.1 Å². The van der Waals surface area contributed by atoms with Crippen LogP contribution in [-0.4, -0.2) is 42.7 Å². The molecule has 1 amide bonds. The minimum atomic E-state index is -0.575. The molecule has 4 aromatic rings. The highest BCUT2D eigenvalue weighted by Crippen LogP contribution is 2.36. The van der Waals surface area contributed by atoms with Gasteiger partial charge in [-0.25, -0.2) is 4.79 Å². The summed E-state index contributed by atoms with van der Waals surface area (Å²) in [7, 11) is 0. The fourth-order valence-corrected chi connectivity index (χ4v) is 4.51. The van der Waals surface area contributed by atoms with Gasteiger partial charge >= 0.3 is 5.97 Å². The highest BCUT2D eigenvalue weighted by atomic mass is 35.5. The number of carbonyl (C=O) groups excluding carboxylic acids is 2. The number of anilines is 1. The van der Waals surface area contributed by atoms with Gasteiger partial charge in [-0.3, -0.25) is 9.78 Å². The Morgan fingerprint density at radius 3 is 2.59 bits per heavy atom. The average molecular weight is 517 g/mol. The molecule has 0 spiro atoms. The third kappa shape index (κ3) is 5.36. The van der Waals surface area contributed by atoms with Crippen molar-refractivity contribution in [3.8, 4) is 16.8 Å². The molecule has 1 atom stereocenters. The molecule has 2 aromatic carbocycles. The molecule has 5 rings (SSSR count). The fraction of sp³-hybridized carbons (Fsp3) is 0.259. The fourth-order valence-electron chi connectivity index (χ4n) is 4.34. The van der Waals surface area contributed by atoms with Gasteiger partial charge in [0.2, 0.25) is 5.91 Å². The summed E-state index contributed by atoms with van der Waals surface area (Å²) in [6.07, 6.45) is 4.66. The van der Waals surface area contributed by atoms with Crippen LogP contribution in [0.15, 0.2) is 61.1 Å². The number of fused-ring (bicyclic) bond motifs is 1. The van der Waals surface area contributed by atoms with Gasteiger partial charge in [0.05, 0.1) is 22.9 Å². The van der Waals surface area contributed by atoms with Crippen molar-refractivity contribution >= 4 is 29.2 Å². The van der Waals surface area contributed by atoms with E-state index in [-0.39, 0.29) is 11.8 Å². The van der Waals surface area contributed by atoms with Crippen LogP contribution in [-0.2, 0) is 16.0 Å². The second-order valence-electron chi connectivity index (χ2n) is 9.84. The van der Waals surface area contributed by atoms with E-state index in [4.69, 9.17) is 16.3 Å². The van der Waals surface area contributed by atoms with Gasteiger partial charge in [0.25, 0.3) is 0 Å². The van der Waals surface area contributed by atoms with Gasteiger partial charge in [-0.1, -0.05) is 11.6 Å². The monoisotopic (exact) mass is 516 g/mol. The molecule has 0 saturated heterocycles. The molecule has 1 unspecified atom stereocenters. The van der Waals surface area contributed by atoms with E-state index >= 15 is 0 Å². The Morgan fingerprint density at radius 1 is 1.11 bits per heavy atom. The first-order valence-corrected chi connectivity index (χ1v) is 12.2. The van der Waals surface area contributed by atoms with Gasteiger partial charge in [0.1, 0.15) is 11.9 Å². The number of hydrogen-bond donors (Lipinski definition) is 1. The number of nitrogens with one attached hydrogen (secondary N) is 1. The van der Waals surface area contributed by atoms with Gasteiger partial charge in [0.15, 0.2) is 0 Å². The molecule has 1 aliphatic rings. The summed E-state index contributed by atoms with van der Waals surface area (Å²) < 4.78 is 6.96. The number of hydrogen-bond acceptors (Lipinski definition) is 7. The number of aromatic nitrogens is 5. The normalized spacial score (nSPS) is 14.8. The van der Waals surface area contributed by atoms with Gasteiger partial charge in [-0.05, 0) is 98.1 Å². The SMILES string of the molecule is CC(C)(C)OC(=O)c1ccc(NC(=O)C2CCc3cc(-c4cc(Cl)ccc4-n4cnnn4)cnc32)cc1. The minimum absolute atomic E-state index is 0.138. The predicted molar refractivity (Wildman–Crippen MR) is 139 cm³/mol. The number of esters is 1. The second-order valence-corrected chi connectivity index (χ2v) is 10.3. The molecule has 0 bridgehead atoms. The van der Waals surface area contributed by atoms with E-state index in [2.05, 4.69) is 25.8 Å². The molecule has 10 heteroatoms. The molecule has 0 radical (unpaired) electrons. The zero-order valence-electron chi connectivity index (χ0n) is 20.6. The smallest absolute Gasteiger partial charge is 0.338 e. The Hall–Kier alpha value is -4.11. The lowest BCUT2D eigenvalue weighted by Gasteiger charge is -2.19. The molecule has 2 heterocycles. The topological polar surface area (TPSA) is 112 Å². The number of tetrazole rings is 1. The molecule has 188 valence electrons. The number of ether oxygens (including phenoxy) is 1. The van der Waals surface area contributed by atoms with Crippen molar-refractivity contribution in [2.24, 2.45) is 0 Å². The first-order chi connectivity index (χ1) is 17.7. The predicted octanol–water partition coefficient (Wildman–Crippen LogP) is 5.00. The van der Waals surface area contributed by atoms with E-state index in [1.54, 1.807) is 41.2 Å². The average Bonchev–Trinajstić information content (AvgIpc) is 3.53. The third-order valence-electron chi connectivity index (χ3n) is 6.00. The van der Waals surface area contributed by atoms with Crippen molar-refractivity contribution in [3.05, 3.63) is 82.9 Å². The standard InChI is InChI=1S/C27H25ClN6O3/c1-27(2,3)37-26(36)16-4-8-20(9-5-16)31-25(35)21-10-6-17-12-18(14-29-24(17)21)22-13-19(28)7-11-23(22)34-15-30-32-33-34/h4-5,7-9,11-15,21H,6,10H2,1-3H3,(H,31,35). The van der Waals surface area contributed by atoms with Crippen LogP contribution in [0.25, 0.3) is 16.8 Å². The Labute approximate surface area is 218 Å². The first kappa shape index (κ1) is 24.6. The lowest BCUT2D eigenvalue weighted by Crippen LogP contribution is -2.24. The second kappa shape index (κ2) is 9.74. The summed E-state index contributed by atoms with van der Waals surface area (Å²) in [5, 5.41) is 15.0. The zero-order valence-corrected chi connectivity index (χ0v) is 21.4. The molecule has 9 nitrogen and oxygen atoms in total. The quantitative estimate of drug-likeness (QED) is 0.371. The number of carbonyl (C=O) groups is 2. The Balaban J connectivity index is 1.33. The number of halogens is 1. The molecule has 0 aliphatic heterocycles. The van der Waals surface area contributed by atoms with Crippen LogP contribution in [0.3, 0.4) is 0 Å². The van der Waals surface area contributed by atoms with E-state index in [1.807, 2.05) is 39.0 Å². The number of rotatable bonds is 5. The number of nitrogens with zero attached hydrogens (tertiary/aromatic N) is 5. The van der Waals surface area contributed by atoms with Crippen molar-refractivity contribution in [1.82, 2.24) is 25.2 Å². The van der Waals surface area contributed by atoms with Crippen LogP contribution in [0.4, 0.5) is 5.69 Å². The van der Waals surface area contributed by atoms with Crippen LogP contribution in [0.1, 0.15) is 54.7 Å². The summed E-state index contributed by atoms with van der Waals surface area (Å²) in [5.74, 6) is -0.910. The van der Waals surface area contributed by atoms with Gasteiger partial charge in [0, 0.05) is 28.0 Å². The van der Waals surface area contributed by atoms with Crippen molar-refractivity contribution in [3.63, 3.8) is 0 Å². The molecule has 2 aromatic heterocycles. The lowest BCUT2D eigenvalue weighted by molar-refractivity contribution is -0.117. The number of pyridine rings is 1. The maximum Gasteiger partial charge on any atom is 0.338 e. The van der Waals surface area contributed by atoms with Crippen molar-refractivity contribution in [2.45, 2.75) is 45.1 Å². The number of aryl methyl sites for hydroxylation is 1. The highest BCUT2D eigenvalue weighted by Gasteiger charge is 2.31. The zero-order chi connectivity index (χ0) is 26.2. The molecule has 0 saturated carbocycles. The minimum Gasteiger partial charge on any atom is -0.456 e. The molecular formula is C27H25ClN6O3. The van der Waals surface area contributed by atoms with Crippen molar-refractivity contribution in [1.29, 1.82) is 0 Å². The Kier molecular flexibility index (Phi) is 6.47. The molecule has 37 heavy (non-hydrogen) atoms. The van der Waals surface area contributed by atoms with Gasteiger partial charge in [-0.2, -0.15) is 4.68 Å². The van der Waals surface area contributed by atoms with Crippen LogP contribution < -0.4 is 5.32 Å². The summed E-state index contributed by atoms with van der Waals surface area (Å²) >= 11 is 6.28. The molecular weight excluding hydrogens is 492 g/mol. The summed E-state index contributed by atoms with van der Waals surface area (Å²) in [4.78, 5) is 30.0. The van der Waals surface area contributed by atoms with E-state index in [0.29, 0.717) is 22.7 Å². The number of amides is 1. The first-order valence-electron chi connectivity index (χ1n) is 11.8. The number of benzene rings is 2. The highest BCUT2D eigenvalue weighted by molar-refractivity contribution is 6.31. The van der Waals surface area contributed by atoms with Crippen LogP contribution >= 0.6 is 11.6 Å². The molecule has 1 N–H and O–H groups in total. The summed E-state index contributed by atoms with van der Waals surface area (Å²) in [6.45, 7) is 5.45. The van der Waals surface area contributed by atoms with E-state index in [9.17, 15) is 9.59 Å². The van der Waals surface area contributed by atoms with Crippen LogP contribution in [0.2, 0.25) is 5.02 Å². The molecule has 0 fully saturated rings. The van der Waals surface area contributed by atoms with Crippen LogP contribution in [0, 0.1) is 0 Å². The largest absolute Gasteiger partial charge is 0.456 e. The lowest BCUT2D eigenvalue weighted by atomic mass is 10.0. The maximum atomic E-state index is 13.1. The van der Waals surface area contributed by atoms with Gasteiger partial charge in [-0.15, -0.1) is 5.10 Å². The van der Waals surface area contributed by atoms with Crippen LogP contribution in [0.5, 0.6) is 0 Å².